The van der Waals surface area contributed by atoms with Crippen LogP contribution in [0.3, 0.4) is 0 Å². The summed E-state index contributed by atoms with van der Waals surface area (Å²) in [5.41, 5.74) is 2.76. The second kappa shape index (κ2) is 3.39. The molecule has 0 unspecified atom stereocenters. The Bertz CT molecular complexity index is 306. The number of aliphatic imine (C=N–C) groups is 1. The summed E-state index contributed by atoms with van der Waals surface area (Å²) in [6, 6.07) is 0.318. The van der Waals surface area contributed by atoms with Crippen molar-refractivity contribution >= 4 is 5.84 Å². The Kier molecular flexibility index (Phi) is 2.35. The number of fused-ring (bicyclic) bond motifs is 1. The Balaban J connectivity index is 2.30. The first-order valence-electron chi connectivity index (χ1n) is 5.26. The number of hydrogen-bond acceptors (Lipinski definition) is 3. The van der Waals surface area contributed by atoms with Gasteiger partial charge in [-0.2, -0.15) is 0 Å². The molecule has 0 aliphatic carbocycles. The van der Waals surface area contributed by atoms with E-state index in [0.29, 0.717) is 12.0 Å². The van der Waals surface area contributed by atoms with Crippen LogP contribution >= 0.6 is 0 Å². The van der Waals surface area contributed by atoms with Crippen LogP contribution in [0.2, 0.25) is 0 Å². The summed E-state index contributed by atoms with van der Waals surface area (Å²) in [5, 5.41) is 9.16. The maximum atomic E-state index is 9.16. The smallest absolute Gasteiger partial charge is 0.101 e. The molecule has 1 N–H and O–H groups in total. The van der Waals surface area contributed by atoms with Crippen molar-refractivity contribution in [2.45, 2.75) is 33.2 Å². The average molecular weight is 194 g/mol. The van der Waals surface area contributed by atoms with E-state index in [2.05, 4.69) is 30.7 Å². The molecule has 0 aromatic heterocycles. The summed E-state index contributed by atoms with van der Waals surface area (Å²) in [6.07, 6.45) is 1.01. The fourth-order valence-electron chi connectivity index (χ4n) is 2.33. The highest BCUT2D eigenvalue weighted by Crippen LogP contribution is 2.33. The molecular weight excluding hydrogens is 176 g/mol. The molecule has 2 aliphatic rings. The van der Waals surface area contributed by atoms with Gasteiger partial charge in [0.15, 0.2) is 0 Å². The largest absolute Gasteiger partial charge is 0.396 e. The van der Waals surface area contributed by atoms with Crippen LogP contribution in [0, 0.1) is 5.92 Å². The third-order valence-electron chi connectivity index (χ3n) is 3.36. The van der Waals surface area contributed by atoms with Crippen molar-refractivity contribution in [3.63, 3.8) is 0 Å². The first-order valence-corrected chi connectivity index (χ1v) is 5.26. The molecule has 2 atom stereocenters. The Labute approximate surface area is 85.1 Å². The lowest BCUT2D eigenvalue weighted by atomic mass is 10.0. The fourth-order valence-corrected chi connectivity index (χ4v) is 2.33. The molecule has 0 aromatic rings. The van der Waals surface area contributed by atoms with Crippen molar-refractivity contribution in [3.8, 4) is 0 Å². The van der Waals surface area contributed by atoms with Gasteiger partial charge in [0.25, 0.3) is 0 Å². The van der Waals surface area contributed by atoms with Crippen LogP contribution in [0.4, 0.5) is 0 Å². The zero-order valence-electron chi connectivity index (χ0n) is 9.12. The van der Waals surface area contributed by atoms with Crippen LogP contribution in [0.25, 0.3) is 0 Å². The summed E-state index contributed by atoms with van der Waals surface area (Å²) in [7, 11) is 0. The van der Waals surface area contributed by atoms with E-state index in [1.54, 1.807) is 0 Å². The van der Waals surface area contributed by atoms with Crippen molar-refractivity contribution in [3.05, 3.63) is 11.3 Å². The van der Waals surface area contributed by atoms with E-state index in [1.165, 1.54) is 11.3 Å². The van der Waals surface area contributed by atoms with E-state index in [1.807, 2.05) is 0 Å². The standard InChI is InChI=1S/C11H18N2O/c1-7-8(2)12-9(3)13-5-10(6-14)4-11(7)13/h8,10,14H,4-6H2,1-3H3/t8-,10-/m0/s1. The van der Waals surface area contributed by atoms with Gasteiger partial charge in [0, 0.05) is 24.8 Å². The quantitative estimate of drug-likeness (QED) is 0.685. The van der Waals surface area contributed by atoms with Gasteiger partial charge in [-0.25, -0.2) is 0 Å². The summed E-state index contributed by atoms with van der Waals surface area (Å²) in [6.45, 7) is 7.57. The number of aliphatic hydroxyl groups excluding tert-OH is 1. The third kappa shape index (κ3) is 1.36. The molecule has 0 saturated carbocycles. The highest BCUT2D eigenvalue weighted by molar-refractivity contribution is 5.83. The van der Waals surface area contributed by atoms with E-state index >= 15 is 0 Å². The zero-order chi connectivity index (χ0) is 10.3. The minimum atomic E-state index is 0.287. The molecule has 14 heavy (non-hydrogen) atoms. The van der Waals surface area contributed by atoms with E-state index < -0.39 is 0 Å². The molecule has 2 heterocycles. The molecule has 1 saturated heterocycles. The second-order valence-corrected chi connectivity index (χ2v) is 4.35. The van der Waals surface area contributed by atoms with Crippen molar-refractivity contribution < 1.29 is 5.11 Å². The molecule has 0 radical (unpaired) electrons. The molecule has 2 aliphatic heterocycles. The summed E-state index contributed by atoms with van der Waals surface area (Å²) < 4.78 is 0. The van der Waals surface area contributed by atoms with E-state index in [-0.39, 0.29) is 6.61 Å². The molecule has 0 spiro atoms. The highest BCUT2D eigenvalue weighted by Gasteiger charge is 2.32. The van der Waals surface area contributed by atoms with Gasteiger partial charge in [0.1, 0.15) is 5.84 Å². The van der Waals surface area contributed by atoms with Gasteiger partial charge in [-0.1, -0.05) is 0 Å². The van der Waals surface area contributed by atoms with Gasteiger partial charge >= 0.3 is 0 Å². The predicted octanol–water partition coefficient (Wildman–Crippen LogP) is 1.40. The number of nitrogens with zero attached hydrogens (tertiary/aromatic N) is 2. The van der Waals surface area contributed by atoms with Gasteiger partial charge < -0.3 is 10.0 Å². The molecule has 0 aromatic carbocycles. The Morgan fingerprint density at radius 1 is 1.50 bits per heavy atom. The Morgan fingerprint density at radius 3 is 2.86 bits per heavy atom. The molecule has 3 heteroatoms. The van der Waals surface area contributed by atoms with Gasteiger partial charge in [0.2, 0.25) is 0 Å². The first kappa shape index (κ1) is 9.71. The van der Waals surface area contributed by atoms with E-state index in [0.717, 1.165) is 18.8 Å². The lowest BCUT2D eigenvalue weighted by molar-refractivity contribution is 0.232. The van der Waals surface area contributed by atoms with Crippen LogP contribution in [0.15, 0.2) is 16.3 Å². The first-order chi connectivity index (χ1) is 6.63. The molecule has 2 rings (SSSR count). The van der Waals surface area contributed by atoms with Crippen LogP contribution < -0.4 is 0 Å². The van der Waals surface area contributed by atoms with Crippen LogP contribution in [0.1, 0.15) is 27.2 Å². The third-order valence-corrected chi connectivity index (χ3v) is 3.36. The van der Waals surface area contributed by atoms with Crippen molar-refractivity contribution in [2.24, 2.45) is 10.9 Å². The molecule has 0 bridgehead atoms. The van der Waals surface area contributed by atoms with Crippen molar-refractivity contribution in [1.82, 2.24) is 4.90 Å². The van der Waals surface area contributed by atoms with Crippen molar-refractivity contribution in [2.75, 3.05) is 13.2 Å². The summed E-state index contributed by atoms with van der Waals surface area (Å²) >= 11 is 0. The number of hydrogen-bond donors (Lipinski definition) is 1. The lowest BCUT2D eigenvalue weighted by Crippen LogP contribution is -2.31. The molecule has 0 amide bonds. The fraction of sp³-hybridized carbons (Fsp3) is 0.727. The molecular formula is C11H18N2O. The van der Waals surface area contributed by atoms with Crippen LogP contribution in [-0.4, -0.2) is 35.0 Å². The molecule has 1 fully saturated rings. The number of amidine groups is 1. The van der Waals surface area contributed by atoms with E-state index in [4.69, 9.17) is 5.11 Å². The highest BCUT2D eigenvalue weighted by atomic mass is 16.3. The SMILES string of the molecule is CC1=N[C@@H](C)C(C)=C2C[C@H](CO)CN12. The van der Waals surface area contributed by atoms with Gasteiger partial charge in [-0.15, -0.1) is 0 Å². The van der Waals surface area contributed by atoms with Gasteiger partial charge in [0.05, 0.1) is 6.04 Å². The zero-order valence-corrected chi connectivity index (χ0v) is 9.12. The van der Waals surface area contributed by atoms with Crippen molar-refractivity contribution in [1.29, 1.82) is 0 Å². The lowest BCUT2D eigenvalue weighted by Gasteiger charge is -2.28. The maximum absolute atomic E-state index is 9.16. The number of allylic oxidation sites excluding steroid dienone is 1. The van der Waals surface area contributed by atoms with Gasteiger partial charge in [-0.05, 0) is 32.8 Å². The average Bonchev–Trinajstić information content (AvgIpc) is 2.58. The van der Waals surface area contributed by atoms with Gasteiger partial charge in [-0.3, -0.25) is 4.99 Å². The second-order valence-electron chi connectivity index (χ2n) is 4.35. The Morgan fingerprint density at radius 2 is 2.21 bits per heavy atom. The monoisotopic (exact) mass is 194 g/mol. The minimum Gasteiger partial charge on any atom is -0.396 e. The normalized spacial score (nSPS) is 32.0. The maximum Gasteiger partial charge on any atom is 0.101 e. The summed E-state index contributed by atoms with van der Waals surface area (Å²) in [4.78, 5) is 6.84. The minimum absolute atomic E-state index is 0.287. The molecule has 78 valence electrons. The van der Waals surface area contributed by atoms with E-state index in [9.17, 15) is 0 Å². The van der Waals surface area contributed by atoms with Crippen LogP contribution in [-0.2, 0) is 0 Å². The summed E-state index contributed by atoms with van der Waals surface area (Å²) in [5.74, 6) is 1.50. The Hall–Kier alpha value is -0.830. The molecule has 3 nitrogen and oxygen atoms in total. The number of aliphatic hydroxyl groups is 1. The topological polar surface area (TPSA) is 35.8 Å². The van der Waals surface area contributed by atoms with Crippen LogP contribution in [0.5, 0.6) is 0 Å². The predicted molar refractivity (Wildman–Crippen MR) is 57.2 cm³/mol. The number of rotatable bonds is 1.